The molecule has 2 rings (SSSR count). The Kier molecular flexibility index (Phi) is 2.47. The Morgan fingerprint density at radius 1 is 1.64 bits per heavy atom. The van der Waals surface area contributed by atoms with E-state index in [0.29, 0.717) is 12.4 Å². The maximum atomic E-state index is 5.44. The number of aryl methyl sites for hydroxylation is 1. The minimum absolute atomic E-state index is 0.454. The van der Waals surface area contributed by atoms with Crippen molar-refractivity contribution in [3.63, 3.8) is 0 Å². The van der Waals surface area contributed by atoms with Crippen LogP contribution in [0.3, 0.4) is 0 Å². The Balaban J connectivity index is 2.10. The SMILES string of the molecule is Cc1cc(Nc2nc(CN)cs2)no1. The van der Waals surface area contributed by atoms with Crippen LogP contribution in [-0.4, -0.2) is 10.1 Å². The smallest absolute Gasteiger partial charge is 0.188 e. The zero-order valence-corrected chi connectivity index (χ0v) is 8.47. The Bertz CT molecular complexity index is 422. The van der Waals surface area contributed by atoms with Gasteiger partial charge in [0.1, 0.15) is 5.76 Å². The average Bonchev–Trinajstić information content (AvgIpc) is 2.76. The molecule has 2 aromatic heterocycles. The third-order valence-electron chi connectivity index (χ3n) is 1.62. The van der Waals surface area contributed by atoms with Crippen molar-refractivity contribution in [3.8, 4) is 0 Å². The summed E-state index contributed by atoms with van der Waals surface area (Å²) in [5.41, 5.74) is 6.32. The van der Waals surface area contributed by atoms with Gasteiger partial charge in [-0.05, 0) is 6.92 Å². The van der Waals surface area contributed by atoms with Crippen molar-refractivity contribution in [2.45, 2.75) is 13.5 Å². The van der Waals surface area contributed by atoms with Gasteiger partial charge in [0.15, 0.2) is 10.9 Å². The van der Waals surface area contributed by atoms with Crippen molar-refractivity contribution in [2.24, 2.45) is 5.73 Å². The van der Waals surface area contributed by atoms with Gasteiger partial charge in [0.25, 0.3) is 0 Å². The molecule has 0 aliphatic heterocycles. The van der Waals surface area contributed by atoms with Crippen molar-refractivity contribution in [2.75, 3.05) is 5.32 Å². The van der Waals surface area contributed by atoms with Crippen LogP contribution in [0.15, 0.2) is 16.0 Å². The predicted molar refractivity (Wildman–Crippen MR) is 54.5 cm³/mol. The molecule has 0 spiro atoms. The topological polar surface area (TPSA) is 77.0 Å². The highest BCUT2D eigenvalue weighted by atomic mass is 32.1. The number of thiazole rings is 1. The summed E-state index contributed by atoms with van der Waals surface area (Å²) in [6, 6.07) is 1.81. The van der Waals surface area contributed by atoms with Gasteiger partial charge in [0, 0.05) is 18.0 Å². The second-order valence-electron chi connectivity index (χ2n) is 2.80. The molecule has 0 fully saturated rings. The molecule has 0 aromatic carbocycles. The van der Waals surface area contributed by atoms with Crippen LogP contribution < -0.4 is 11.1 Å². The highest BCUT2D eigenvalue weighted by Crippen LogP contribution is 2.20. The van der Waals surface area contributed by atoms with Gasteiger partial charge in [-0.2, -0.15) is 0 Å². The molecule has 0 amide bonds. The van der Waals surface area contributed by atoms with Crippen molar-refractivity contribution in [3.05, 3.63) is 22.9 Å². The molecule has 3 N–H and O–H groups in total. The summed E-state index contributed by atoms with van der Waals surface area (Å²) in [6.07, 6.45) is 0. The standard InChI is InChI=1S/C8H10N4OS/c1-5-2-7(12-13-5)11-8-10-6(3-9)4-14-8/h2,4H,3,9H2,1H3,(H,10,11,12). The molecular weight excluding hydrogens is 200 g/mol. The van der Waals surface area contributed by atoms with Crippen LogP contribution in [0.2, 0.25) is 0 Å². The van der Waals surface area contributed by atoms with E-state index < -0.39 is 0 Å². The van der Waals surface area contributed by atoms with Crippen molar-refractivity contribution >= 4 is 22.3 Å². The number of hydrogen-bond donors (Lipinski definition) is 2. The quantitative estimate of drug-likeness (QED) is 0.805. The van der Waals surface area contributed by atoms with E-state index in [1.54, 1.807) is 0 Å². The molecule has 0 unspecified atom stereocenters. The first-order valence-electron chi connectivity index (χ1n) is 4.13. The molecule has 2 aromatic rings. The molecule has 0 atom stereocenters. The van der Waals surface area contributed by atoms with Crippen LogP contribution in [0.4, 0.5) is 10.9 Å². The average molecular weight is 210 g/mol. The second-order valence-corrected chi connectivity index (χ2v) is 3.65. The summed E-state index contributed by atoms with van der Waals surface area (Å²) in [5.74, 6) is 1.43. The molecule has 0 aliphatic rings. The molecule has 0 saturated carbocycles. The number of rotatable bonds is 3. The van der Waals surface area contributed by atoms with Crippen LogP contribution in [0.25, 0.3) is 0 Å². The molecular formula is C8H10N4OS. The molecule has 0 bridgehead atoms. The lowest BCUT2D eigenvalue weighted by molar-refractivity contribution is 0.400. The summed E-state index contributed by atoms with van der Waals surface area (Å²) >= 11 is 1.49. The highest BCUT2D eigenvalue weighted by Gasteiger charge is 2.03. The van der Waals surface area contributed by atoms with Crippen LogP contribution in [0, 0.1) is 6.92 Å². The number of aromatic nitrogens is 2. The van der Waals surface area contributed by atoms with E-state index in [2.05, 4.69) is 15.5 Å². The first-order valence-corrected chi connectivity index (χ1v) is 5.00. The van der Waals surface area contributed by atoms with Gasteiger partial charge in [0.2, 0.25) is 0 Å². The van der Waals surface area contributed by atoms with Crippen LogP contribution >= 0.6 is 11.3 Å². The van der Waals surface area contributed by atoms with Gasteiger partial charge in [-0.3, -0.25) is 0 Å². The van der Waals surface area contributed by atoms with Crippen LogP contribution in [-0.2, 0) is 6.54 Å². The first-order chi connectivity index (χ1) is 6.78. The van der Waals surface area contributed by atoms with Gasteiger partial charge < -0.3 is 15.6 Å². The Labute approximate surface area is 84.9 Å². The minimum atomic E-state index is 0.454. The molecule has 2 heterocycles. The molecule has 14 heavy (non-hydrogen) atoms. The highest BCUT2D eigenvalue weighted by molar-refractivity contribution is 7.13. The lowest BCUT2D eigenvalue weighted by atomic mass is 10.5. The Morgan fingerprint density at radius 3 is 3.07 bits per heavy atom. The maximum Gasteiger partial charge on any atom is 0.188 e. The number of nitrogens with one attached hydrogen (secondary N) is 1. The van der Waals surface area contributed by atoms with E-state index in [-0.39, 0.29) is 0 Å². The van der Waals surface area contributed by atoms with Gasteiger partial charge in [0.05, 0.1) is 5.69 Å². The number of nitrogens with zero attached hydrogens (tertiary/aromatic N) is 2. The van der Waals surface area contributed by atoms with Crippen molar-refractivity contribution in [1.29, 1.82) is 0 Å². The van der Waals surface area contributed by atoms with E-state index in [4.69, 9.17) is 10.3 Å². The summed E-state index contributed by atoms with van der Waals surface area (Å²) in [7, 11) is 0. The normalized spacial score (nSPS) is 10.4. The molecule has 0 saturated heterocycles. The number of hydrogen-bond acceptors (Lipinski definition) is 6. The van der Waals surface area contributed by atoms with Gasteiger partial charge in [-0.1, -0.05) is 5.16 Å². The fourth-order valence-electron chi connectivity index (χ4n) is 0.993. The zero-order chi connectivity index (χ0) is 9.97. The third-order valence-corrected chi connectivity index (χ3v) is 2.43. The number of anilines is 2. The fraction of sp³-hybridized carbons (Fsp3) is 0.250. The molecule has 0 radical (unpaired) electrons. The summed E-state index contributed by atoms with van der Waals surface area (Å²) < 4.78 is 4.91. The van der Waals surface area contributed by atoms with Gasteiger partial charge >= 0.3 is 0 Å². The fourth-order valence-corrected chi connectivity index (χ4v) is 1.72. The lowest BCUT2D eigenvalue weighted by Crippen LogP contribution is -1.96. The van der Waals surface area contributed by atoms with Crippen molar-refractivity contribution in [1.82, 2.24) is 10.1 Å². The first kappa shape index (κ1) is 9.17. The molecule has 6 heteroatoms. The molecule has 0 aliphatic carbocycles. The second kappa shape index (κ2) is 3.77. The monoisotopic (exact) mass is 210 g/mol. The summed E-state index contributed by atoms with van der Waals surface area (Å²) in [6.45, 7) is 2.29. The Hall–Kier alpha value is -1.40. The zero-order valence-electron chi connectivity index (χ0n) is 7.65. The Morgan fingerprint density at radius 2 is 2.50 bits per heavy atom. The molecule has 5 nitrogen and oxygen atoms in total. The van der Waals surface area contributed by atoms with E-state index in [9.17, 15) is 0 Å². The van der Waals surface area contributed by atoms with Crippen LogP contribution in [0.5, 0.6) is 0 Å². The molecule has 74 valence electrons. The van der Waals surface area contributed by atoms with Crippen LogP contribution in [0.1, 0.15) is 11.5 Å². The van der Waals surface area contributed by atoms with Crippen molar-refractivity contribution < 1.29 is 4.52 Å². The maximum absolute atomic E-state index is 5.44. The largest absolute Gasteiger partial charge is 0.360 e. The summed E-state index contributed by atoms with van der Waals surface area (Å²) in [5, 5.41) is 9.51. The van der Waals surface area contributed by atoms with E-state index in [1.807, 2.05) is 18.4 Å². The number of nitrogens with two attached hydrogens (primary N) is 1. The third kappa shape index (κ3) is 1.91. The predicted octanol–water partition coefficient (Wildman–Crippen LogP) is 1.64. The van der Waals surface area contributed by atoms with E-state index >= 15 is 0 Å². The lowest BCUT2D eigenvalue weighted by Gasteiger charge is -1.93. The van der Waals surface area contributed by atoms with E-state index in [1.165, 1.54) is 11.3 Å². The van der Waals surface area contributed by atoms with E-state index in [0.717, 1.165) is 16.6 Å². The summed E-state index contributed by atoms with van der Waals surface area (Å²) in [4.78, 5) is 4.23. The van der Waals surface area contributed by atoms with Gasteiger partial charge in [-0.15, -0.1) is 11.3 Å². The van der Waals surface area contributed by atoms with Gasteiger partial charge in [-0.25, -0.2) is 4.98 Å². The minimum Gasteiger partial charge on any atom is -0.360 e.